The Labute approximate surface area is 191 Å². The Morgan fingerprint density at radius 3 is 2.12 bits per heavy atom. The lowest BCUT2D eigenvalue weighted by Crippen LogP contribution is -2.50. The third kappa shape index (κ3) is 4.95. The summed E-state index contributed by atoms with van der Waals surface area (Å²) in [6, 6.07) is 7.13. The fourth-order valence-electron chi connectivity index (χ4n) is 3.77. The number of hydrogen-bond acceptors (Lipinski definition) is 2. The van der Waals surface area contributed by atoms with Gasteiger partial charge in [0.1, 0.15) is 0 Å². The molecule has 3 rings (SSSR count). The normalized spacial score (nSPS) is 14.7. The first-order valence-electron chi connectivity index (χ1n) is 10.6. The number of carbonyl (C=O) groups is 2. The predicted molar refractivity (Wildman–Crippen MR) is 111 cm³/mol. The van der Waals surface area contributed by atoms with Crippen LogP contribution < -0.4 is 5.32 Å². The summed E-state index contributed by atoms with van der Waals surface area (Å²) < 4.78 is 93.7. The minimum atomic E-state index is -6.22. The monoisotopic (exact) mass is 489 g/mol. The molecule has 184 valence electrons. The lowest BCUT2D eigenvalue weighted by atomic mass is 9.86. The third-order valence-electron chi connectivity index (χ3n) is 5.86. The van der Waals surface area contributed by atoms with Crippen molar-refractivity contribution in [1.82, 2.24) is 0 Å². The first-order chi connectivity index (χ1) is 15.7. The Bertz CT molecular complexity index is 1090. The SMILES string of the molecule is CCc1cc(C(F)(C(F)(F)F)C(F)(F)F)cc(C)c1CC(=O)c1cccc(NC(=O)C2CC2)c1. The van der Waals surface area contributed by atoms with Gasteiger partial charge in [-0.05, 0) is 55.0 Å². The number of Topliss-reactive ketones (excluding diaryl/α,β-unsaturated/α-hetero) is 1. The van der Waals surface area contributed by atoms with E-state index in [-0.39, 0.29) is 46.9 Å². The zero-order valence-corrected chi connectivity index (χ0v) is 18.3. The number of hydrogen-bond donors (Lipinski definition) is 1. The summed E-state index contributed by atoms with van der Waals surface area (Å²) in [5.41, 5.74) is -6.30. The van der Waals surface area contributed by atoms with E-state index in [9.17, 15) is 40.3 Å². The van der Waals surface area contributed by atoms with Crippen LogP contribution in [-0.2, 0) is 23.3 Å². The van der Waals surface area contributed by atoms with Gasteiger partial charge in [-0.25, -0.2) is 4.39 Å². The fraction of sp³-hybridized carbons (Fsp3) is 0.417. The van der Waals surface area contributed by atoms with Crippen molar-refractivity contribution in [2.45, 2.75) is 57.6 Å². The van der Waals surface area contributed by atoms with Gasteiger partial charge in [-0.15, -0.1) is 0 Å². The summed E-state index contributed by atoms with van der Waals surface area (Å²) in [4.78, 5) is 24.8. The molecule has 2 aromatic rings. The van der Waals surface area contributed by atoms with E-state index in [1.807, 2.05) is 0 Å². The van der Waals surface area contributed by atoms with Gasteiger partial charge >= 0.3 is 18.0 Å². The van der Waals surface area contributed by atoms with E-state index in [0.717, 1.165) is 12.8 Å². The number of benzene rings is 2. The van der Waals surface area contributed by atoms with E-state index >= 15 is 0 Å². The van der Waals surface area contributed by atoms with Gasteiger partial charge in [0.2, 0.25) is 5.91 Å². The molecule has 0 aliphatic heterocycles. The van der Waals surface area contributed by atoms with Crippen molar-refractivity contribution in [1.29, 1.82) is 0 Å². The van der Waals surface area contributed by atoms with Crippen molar-refractivity contribution < 1.29 is 40.3 Å². The lowest BCUT2D eigenvalue weighted by Gasteiger charge is -2.31. The van der Waals surface area contributed by atoms with Crippen molar-refractivity contribution >= 4 is 17.4 Å². The van der Waals surface area contributed by atoms with Gasteiger partial charge < -0.3 is 5.32 Å². The van der Waals surface area contributed by atoms with Crippen LogP contribution in [0, 0.1) is 12.8 Å². The quantitative estimate of drug-likeness (QED) is 0.351. The zero-order chi connectivity index (χ0) is 25.5. The van der Waals surface area contributed by atoms with Crippen LogP contribution in [0.3, 0.4) is 0 Å². The van der Waals surface area contributed by atoms with Gasteiger partial charge in [-0.1, -0.05) is 31.2 Å². The Kier molecular flexibility index (Phi) is 6.83. The maximum Gasteiger partial charge on any atom is 0.435 e. The molecule has 0 saturated heterocycles. The maximum atomic E-state index is 14.6. The van der Waals surface area contributed by atoms with E-state index < -0.39 is 29.4 Å². The summed E-state index contributed by atoms with van der Waals surface area (Å²) in [5.74, 6) is -0.664. The second-order valence-electron chi connectivity index (χ2n) is 8.38. The largest absolute Gasteiger partial charge is 0.435 e. The molecule has 0 spiro atoms. The molecule has 0 radical (unpaired) electrons. The van der Waals surface area contributed by atoms with Crippen LogP contribution in [0.15, 0.2) is 36.4 Å². The molecule has 0 bridgehead atoms. The average Bonchev–Trinajstić information content (AvgIpc) is 3.58. The first kappa shape index (κ1) is 25.7. The molecule has 1 N–H and O–H groups in total. The molecule has 1 aliphatic carbocycles. The lowest BCUT2D eigenvalue weighted by molar-refractivity contribution is -0.348. The van der Waals surface area contributed by atoms with Crippen LogP contribution in [0.25, 0.3) is 0 Å². The molecule has 3 nitrogen and oxygen atoms in total. The fourth-order valence-corrected chi connectivity index (χ4v) is 3.77. The zero-order valence-electron chi connectivity index (χ0n) is 18.3. The first-order valence-corrected chi connectivity index (χ1v) is 10.6. The Morgan fingerprint density at radius 2 is 1.59 bits per heavy atom. The van der Waals surface area contributed by atoms with Crippen LogP contribution in [-0.4, -0.2) is 24.0 Å². The standard InChI is InChI=1S/C24H22F7NO2/c1-3-14-10-17(22(25,23(26,27)28)24(29,30)31)9-13(2)19(14)12-20(33)16-5-4-6-18(11-16)32-21(34)15-7-8-15/h4-6,9-11,15H,3,7-8,12H2,1-2H3,(H,32,34). The average molecular weight is 489 g/mol. The summed E-state index contributed by atoms with van der Waals surface area (Å²) in [7, 11) is 0. The Morgan fingerprint density at radius 1 is 0.971 bits per heavy atom. The van der Waals surface area contributed by atoms with E-state index in [2.05, 4.69) is 5.32 Å². The van der Waals surface area contributed by atoms with Gasteiger partial charge in [-0.3, -0.25) is 9.59 Å². The third-order valence-corrected chi connectivity index (χ3v) is 5.86. The van der Waals surface area contributed by atoms with Crippen LogP contribution in [0.1, 0.15) is 52.4 Å². The van der Waals surface area contributed by atoms with E-state index in [4.69, 9.17) is 0 Å². The molecular weight excluding hydrogens is 467 g/mol. The molecular formula is C24H22F7NO2. The number of rotatable bonds is 7. The second kappa shape index (κ2) is 9.03. The number of aryl methyl sites for hydroxylation is 2. The van der Waals surface area contributed by atoms with E-state index in [0.29, 0.717) is 17.8 Å². The Hall–Kier alpha value is -2.91. The predicted octanol–water partition coefficient (Wildman–Crippen LogP) is 6.62. The number of carbonyl (C=O) groups excluding carboxylic acids is 2. The molecule has 34 heavy (non-hydrogen) atoms. The number of amides is 1. The highest BCUT2D eigenvalue weighted by molar-refractivity contribution is 6.00. The molecule has 0 heterocycles. The van der Waals surface area contributed by atoms with Crippen LogP contribution >= 0.6 is 0 Å². The maximum absolute atomic E-state index is 14.6. The van der Waals surface area contributed by atoms with Crippen LogP contribution in [0.4, 0.5) is 36.4 Å². The minimum absolute atomic E-state index is 0.0112. The summed E-state index contributed by atoms with van der Waals surface area (Å²) in [6.07, 6.45) is -11.2. The highest BCUT2D eigenvalue weighted by Crippen LogP contribution is 2.53. The molecule has 0 atom stereocenters. The Balaban J connectivity index is 1.92. The van der Waals surface area contributed by atoms with Crippen LogP contribution in [0.2, 0.25) is 0 Å². The van der Waals surface area contributed by atoms with Crippen molar-refractivity contribution in [3.05, 3.63) is 64.2 Å². The second-order valence-corrected chi connectivity index (χ2v) is 8.38. The molecule has 1 saturated carbocycles. The van der Waals surface area contributed by atoms with Crippen molar-refractivity contribution in [2.75, 3.05) is 5.32 Å². The van der Waals surface area contributed by atoms with Gasteiger partial charge in [-0.2, -0.15) is 26.3 Å². The van der Waals surface area contributed by atoms with Gasteiger partial charge in [0, 0.05) is 29.2 Å². The van der Waals surface area contributed by atoms with Crippen LogP contribution in [0.5, 0.6) is 0 Å². The number of alkyl halides is 7. The molecule has 1 aliphatic rings. The number of halogens is 7. The van der Waals surface area contributed by atoms with E-state index in [1.54, 1.807) is 12.1 Å². The van der Waals surface area contributed by atoms with Gasteiger partial charge in [0.05, 0.1) is 0 Å². The van der Waals surface area contributed by atoms with Crippen molar-refractivity contribution in [2.24, 2.45) is 5.92 Å². The van der Waals surface area contributed by atoms with Crippen molar-refractivity contribution in [3.63, 3.8) is 0 Å². The van der Waals surface area contributed by atoms with E-state index in [1.165, 1.54) is 26.0 Å². The summed E-state index contributed by atoms with van der Waals surface area (Å²) in [5, 5.41) is 2.70. The molecule has 1 fully saturated rings. The minimum Gasteiger partial charge on any atom is -0.326 e. The molecule has 2 aromatic carbocycles. The van der Waals surface area contributed by atoms with Crippen molar-refractivity contribution in [3.8, 4) is 0 Å². The van der Waals surface area contributed by atoms with Gasteiger partial charge in [0.25, 0.3) is 0 Å². The topological polar surface area (TPSA) is 46.2 Å². The summed E-state index contributed by atoms with van der Waals surface area (Å²) >= 11 is 0. The molecule has 0 unspecified atom stereocenters. The molecule has 1 amide bonds. The highest BCUT2D eigenvalue weighted by Gasteiger charge is 2.73. The number of nitrogens with one attached hydrogen (secondary N) is 1. The number of anilines is 1. The molecule has 10 heteroatoms. The molecule has 0 aromatic heterocycles. The summed E-state index contributed by atoms with van der Waals surface area (Å²) in [6.45, 7) is 2.73. The van der Waals surface area contributed by atoms with Gasteiger partial charge in [0.15, 0.2) is 5.78 Å². The number of ketones is 1. The smallest absolute Gasteiger partial charge is 0.326 e. The highest BCUT2D eigenvalue weighted by atomic mass is 19.4.